The molecule has 120 valence electrons. The van der Waals surface area contributed by atoms with Crippen molar-refractivity contribution in [2.75, 3.05) is 32.1 Å². The molecule has 1 aliphatic rings. The minimum atomic E-state index is -0.108. The fourth-order valence-corrected chi connectivity index (χ4v) is 2.57. The number of rotatable bonds is 4. The van der Waals surface area contributed by atoms with Crippen molar-refractivity contribution < 1.29 is 9.53 Å². The van der Waals surface area contributed by atoms with Crippen LogP contribution in [0.5, 0.6) is 5.75 Å². The number of amides is 1. The highest BCUT2D eigenvalue weighted by molar-refractivity contribution is 5.92. The van der Waals surface area contributed by atoms with Crippen molar-refractivity contribution in [2.45, 2.75) is 12.5 Å². The lowest BCUT2D eigenvalue weighted by molar-refractivity contribution is 0.0766. The molecule has 0 radical (unpaired) electrons. The van der Waals surface area contributed by atoms with Gasteiger partial charge in [0.2, 0.25) is 0 Å². The molecule has 7 heteroatoms. The number of nitrogens with zero attached hydrogens (tertiary/aromatic N) is 5. The summed E-state index contributed by atoms with van der Waals surface area (Å²) in [4.78, 5) is 28.3. The van der Waals surface area contributed by atoms with E-state index in [2.05, 4.69) is 15.0 Å². The van der Waals surface area contributed by atoms with Crippen LogP contribution >= 0.6 is 0 Å². The number of ether oxygens (including phenoxy) is 1. The summed E-state index contributed by atoms with van der Waals surface area (Å²) in [5, 5.41) is 0. The van der Waals surface area contributed by atoms with E-state index in [-0.39, 0.29) is 12.0 Å². The van der Waals surface area contributed by atoms with Gasteiger partial charge >= 0.3 is 0 Å². The molecule has 0 saturated carbocycles. The summed E-state index contributed by atoms with van der Waals surface area (Å²) in [5.74, 6) is 1.41. The molecule has 1 saturated heterocycles. The molecule has 2 aromatic heterocycles. The summed E-state index contributed by atoms with van der Waals surface area (Å²) in [6.07, 6.45) is 7.04. The van der Waals surface area contributed by atoms with Crippen LogP contribution in [0, 0.1) is 0 Å². The zero-order chi connectivity index (χ0) is 16.2. The lowest BCUT2D eigenvalue weighted by Gasteiger charge is -2.20. The van der Waals surface area contributed by atoms with Crippen LogP contribution in [-0.2, 0) is 0 Å². The summed E-state index contributed by atoms with van der Waals surface area (Å²) in [7, 11) is 3.85. The third-order valence-electron chi connectivity index (χ3n) is 3.68. The van der Waals surface area contributed by atoms with Crippen LogP contribution in [0.4, 0.5) is 5.82 Å². The SMILES string of the molecule is CN(C)c1ncccc1OC1CCN(C(=O)c2cnccn2)C1. The molecule has 1 fully saturated rings. The minimum Gasteiger partial charge on any atom is -0.485 e. The van der Waals surface area contributed by atoms with Crippen molar-refractivity contribution in [2.24, 2.45) is 0 Å². The largest absolute Gasteiger partial charge is 0.485 e. The summed E-state index contributed by atoms with van der Waals surface area (Å²) in [6.45, 7) is 1.19. The average molecular weight is 313 g/mol. The molecule has 3 heterocycles. The second-order valence-electron chi connectivity index (χ2n) is 5.59. The zero-order valence-electron chi connectivity index (χ0n) is 13.2. The van der Waals surface area contributed by atoms with Crippen molar-refractivity contribution in [1.82, 2.24) is 19.9 Å². The van der Waals surface area contributed by atoms with Crippen molar-refractivity contribution in [3.63, 3.8) is 0 Å². The first-order valence-corrected chi connectivity index (χ1v) is 7.49. The van der Waals surface area contributed by atoms with Crippen LogP contribution in [0.2, 0.25) is 0 Å². The second kappa shape index (κ2) is 6.60. The van der Waals surface area contributed by atoms with Gasteiger partial charge in [0.15, 0.2) is 11.6 Å². The summed E-state index contributed by atoms with van der Waals surface area (Å²) in [5.41, 5.74) is 0.364. The lowest BCUT2D eigenvalue weighted by atomic mass is 10.3. The van der Waals surface area contributed by atoms with E-state index < -0.39 is 0 Å². The number of pyridine rings is 1. The van der Waals surface area contributed by atoms with Crippen LogP contribution in [0.15, 0.2) is 36.9 Å². The zero-order valence-corrected chi connectivity index (χ0v) is 13.2. The van der Waals surface area contributed by atoms with Crippen molar-refractivity contribution in [3.8, 4) is 5.75 Å². The minimum absolute atomic E-state index is 0.0430. The molecule has 0 aliphatic carbocycles. The standard InChI is InChI=1S/C16H19N5O2/c1-20(2)15-14(4-3-6-19-15)23-12-5-9-21(11-12)16(22)13-10-17-7-8-18-13/h3-4,6-8,10,12H,5,9,11H2,1-2H3. The second-order valence-corrected chi connectivity index (χ2v) is 5.59. The highest BCUT2D eigenvalue weighted by atomic mass is 16.5. The van der Waals surface area contributed by atoms with Crippen LogP contribution < -0.4 is 9.64 Å². The Balaban J connectivity index is 1.66. The van der Waals surface area contributed by atoms with Gasteiger partial charge in [-0.05, 0) is 12.1 Å². The van der Waals surface area contributed by atoms with Crippen LogP contribution in [0.25, 0.3) is 0 Å². The number of aromatic nitrogens is 3. The molecule has 1 unspecified atom stereocenters. The smallest absolute Gasteiger partial charge is 0.274 e. The Bertz CT molecular complexity index is 677. The molecule has 0 spiro atoms. The van der Waals surface area contributed by atoms with Gasteiger partial charge < -0.3 is 14.5 Å². The first-order valence-electron chi connectivity index (χ1n) is 7.49. The molecule has 3 rings (SSSR count). The van der Waals surface area contributed by atoms with E-state index in [0.717, 1.165) is 18.0 Å². The third kappa shape index (κ3) is 3.39. The maximum Gasteiger partial charge on any atom is 0.274 e. The Morgan fingerprint density at radius 1 is 1.30 bits per heavy atom. The van der Waals surface area contributed by atoms with Crippen LogP contribution in [0.3, 0.4) is 0 Å². The summed E-state index contributed by atoms with van der Waals surface area (Å²) >= 11 is 0. The highest BCUT2D eigenvalue weighted by Gasteiger charge is 2.29. The number of hydrogen-bond acceptors (Lipinski definition) is 6. The first-order chi connectivity index (χ1) is 11.1. The molecule has 0 aromatic carbocycles. The van der Waals surface area contributed by atoms with Crippen molar-refractivity contribution in [3.05, 3.63) is 42.6 Å². The molecule has 7 nitrogen and oxygen atoms in total. The van der Waals surface area contributed by atoms with E-state index in [9.17, 15) is 4.79 Å². The Morgan fingerprint density at radius 3 is 2.91 bits per heavy atom. The van der Waals surface area contributed by atoms with Gasteiger partial charge in [-0.25, -0.2) is 9.97 Å². The molecular weight excluding hydrogens is 294 g/mol. The van der Waals surface area contributed by atoms with Gasteiger partial charge in [0, 0.05) is 45.7 Å². The Hall–Kier alpha value is -2.70. The molecule has 0 bridgehead atoms. The molecule has 2 aromatic rings. The number of carbonyl (C=O) groups excluding carboxylic acids is 1. The average Bonchev–Trinajstić information content (AvgIpc) is 3.04. The number of hydrogen-bond donors (Lipinski definition) is 0. The van der Waals surface area contributed by atoms with Crippen LogP contribution in [-0.4, -0.2) is 59.0 Å². The Labute approximate surface area is 134 Å². The van der Waals surface area contributed by atoms with Gasteiger partial charge in [-0.3, -0.25) is 9.78 Å². The van der Waals surface area contributed by atoms with Gasteiger partial charge in [0.05, 0.1) is 12.7 Å². The first kappa shape index (κ1) is 15.2. The van der Waals surface area contributed by atoms with Crippen LogP contribution in [0.1, 0.15) is 16.9 Å². The molecule has 1 amide bonds. The fourth-order valence-electron chi connectivity index (χ4n) is 2.57. The van der Waals surface area contributed by atoms with E-state index in [0.29, 0.717) is 18.8 Å². The maximum absolute atomic E-state index is 12.4. The predicted molar refractivity (Wildman–Crippen MR) is 85.5 cm³/mol. The summed E-state index contributed by atoms with van der Waals surface area (Å²) < 4.78 is 6.05. The van der Waals surface area contributed by atoms with E-state index in [1.54, 1.807) is 17.3 Å². The predicted octanol–water partition coefficient (Wildman–Crippen LogP) is 1.23. The van der Waals surface area contributed by atoms with Gasteiger partial charge in [0.25, 0.3) is 5.91 Å². The van der Waals surface area contributed by atoms with Crippen molar-refractivity contribution >= 4 is 11.7 Å². The number of anilines is 1. The topological polar surface area (TPSA) is 71.5 Å². The van der Waals surface area contributed by atoms with Gasteiger partial charge in [-0.1, -0.05) is 0 Å². The lowest BCUT2D eigenvalue weighted by Crippen LogP contribution is -2.31. The van der Waals surface area contributed by atoms with E-state index in [4.69, 9.17) is 4.74 Å². The van der Waals surface area contributed by atoms with E-state index >= 15 is 0 Å². The van der Waals surface area contributed by atoms with Crippen molar-refractivity contribution in [1.29, 1.82) is 0 Å². The van der Waals surface area contributed by atoms with Gasteiger partial charge in [-0.2, -0.15) is 0 Å². The van der Waals surface area contributed by atoms with Gasteiger partial charge in [0.1, 0.15) is 11.8 Å². The normalized spacial score (nSPS) is 17.1. The van der Waals surface area contributed by atoms with E-state index in [1.165, 1.54) is 12.4 Å². The fraction of sp³-hybridized carbons (Fsp3) is 0.375. The molecular formula is C16H19N5O2. The van der Waals surface area contributed by atoms with Gasteiger partial charge in [-0.15, -0.1) is 0 Å². The monoisotopic (exact) mass is 313 g/mol. The number of carbonyl (C=O) groups is 1. The molecule has 1 atom stereocenters. The Kier molecular flexibility index (Phi) is 4.36. The highest BCUT2D eigenvalue weighted by Crippen LogP contribution is 2.26. The number of likely N-dealkylation sites (tertiary alicyclic amines) is 1. The molecule has 23 heavy (non-hydrogen) atoms. The third-order valence-corrected chi connectivity index (χ3v) is 3.68. The summed E-state index contributed by atoms with van der Waals surface area (Å²) in [6, 6.07) is 3.75. The van der Waals surface area contributed by atoms with E-state index in [1.807, 2.05) is 31.1 Å². The molecule has 1 aliphatic heterocycles. The Morgan fingerprint density at radius 2 is 2.17 bits per heavy atom. The quantitative estimate of drug-likeness (QED) is 0.845. The maximum atomic E-state index is 12.4. The molecule has 0 N–H and O–H groups in total.